The van der Waals surface area contributed by atoms with Gasteiger partial charge in [0.05, 0.1) is 23.8 Å². The zero-order chi connectivity index (χ0) is 19.3. The van der Waals surface area contributed by atoms with Gasteiger partial charge in [-0.05, 0) is 44.9 Å². The minimum Gasteiger partial charge on any atom is -0.337 e. The molecule has 1 aromatic rings. The van der Waals surface area contributed by atoms with E-state index in [1.165, 1.54) is 0 Å². The van der Waals surface area contributed by atoms with Crippen molar-refractivity contribution in [2.45, 2.75) is 70.4 Å². The number of hydrogen-bond donors (Lipinski definition) is 1. The molecule has 1 N–H and O–H groups in total. The SMILES string of the molecule is O=C(C1CC1)N1CCc2nc([C@H]3CCCCN3C(=O)C3CCC3)[nH]c(=O)c2C1. The molecule has 5 rings (SSSR count). The molecule has 0 aromatic carbocycles. The van der Waals surface area contributed by atoms with Crippen molar-refractivity contribution in [1.82, 2.24) is 19.8 Å². The lowest BCUT2D eigenvalue weighted by atomic mass is 9.83. The predicted octanol–water partition coefficient (Wildman–Crippen LogP) is 1.92. The lowest BCUT2D eigenvalue weighted by Gasteiger charge is -2.39. The van der Waals surface area contributed by atoms with E-state index in [1.54, 1.807) is 0 Å². The van der Waals surface area contributed by atoms with Crippen molar-refractivity contribution in [3.63, 3.8) is 0 Å². The van der Waals surface area contributed by atoms with Crippen molar-refractivity contribution in [1.29, 1.82) is 0 Å². The second-order valence-electron chi connectivity index (χ2n) is 8.83. The van der Waals surface area contributed by atoms with Crippen molar-refractivity contribution in [3.05, 3.63) is 27.4 Å². The maximum atomic E-state index is 12.9. The van der Waals surface area contributed by atoms with E-state index in [0.717, 1.165) is 63.6 Å². The van der Waals surface area contributed by atoms with Gasteiger partial charge in [-0.1, -0.05) is 6.42 Å². The molecular weight excluding hydrogens is 356 g/mol. The lowest BCUT2D eigenvalue weighted by molar-refractivity contribution is -0.142. The van der Waals surface area contributed by atoms with Gasteiger partial charge in [-0.3, -0.25) is 14.4 Å². The van der Waals surface area contributed by atoms with E-state index in [9.17, 15) is 14.4 Å². The fourth-order valence-corrected chi connectivity index (χ4v) is 4.75. The van der Waals surface area contributed by atoms with E-state index in [-0.39, 0.29) is 35.3 Å². The monoisotopic (exact) mass is 384 g/mol. The fraction of sp³-hybridized carbons (Fsp3) is 0.714. The fourth-order valence-electron chi connectivity index (χ4n) is 4.75. The Bertz CT molecular complexity index is 856. The summed E-state index contributed by atoms with van der Waals surface area (Å²) in [4.78, 5) is 49.6. The summed E-state index contributed by atoms with van der Waals surface area (Å²) in [5.74, 6) is 1.38. The highest BCUT2D eigenvalue weighted by atomic mass is 16.2. The number of nitrogens with zero attached hydrogens (tertiary/aromatic N) is 3. The number of aromatic amines is 1. The molecule has 2 aliphatic carbocycles. The maximum Gasteiger partial charge on any atom is 0.256 e. The third kappa shape index (κ3) is 3.14. The molecule has 1 aromatic heterocycles. The Morgan fingerprint density at radius 1 is 0.929 bits per heavy atom. The van der Waals surface area contributed by atoms with Crippen LogP contribution < -0.4 is 5.56 Å². The molecule has 28 heavy (non-hydrogen) atoms. The summed E-state index contributed by atoms with van der Waals surface area (Å²) >= 11 is 0. The van der Waals surface area contributed by atoms with Crippen LogP contribution in [0.15, 0.2) is 4.79 Å². The Labute approximate surface area is 164 Å². The molecule has 3 heterocycles. The van der Waals surface area contributed by atoms with Gasteiger partial charge in [0, 0.05) is 31.3 Å². The van der Waals surface area contributed by atoms with Crippen LogP contribution >= 0.6 is 0 Å². The topological polar surface area (TPSA) is 86.4 Å². The third-order valence-electron chi connectivity index (χ3n) is 6.88. The van der Waals surface area contributed by atoms with E-state index >= 15 is 0 Å². The van der Waals surface area contributed by atoms with Crippen molar-refractivity contribution in [3.8, 4) is 0 Å². The van der Waals surface area contributed by atoms with Gasteiger partial charge in [0.15, 0.2) is 0 Å². The molecule has 0 bridgehead atoms. The Balaban J connectivity index is 1.40. The second-order valence-corrected chi connectivity index (χ2v) is 8.83. The molecule has 0 radical (unpaired) electrons. The summed E-state index contributed by atoms with van der Waals surface area (Å²) in [5, 5.41) is 0. The quantitative estimate of drug-likeness (QED) is 0.863. The molecule has 0 unspecified atom stereocenters. The molecule has 3 fully saturated rings. The van der Waals surface area contributed by atoms with Gasteiger partial charge in [0.2, 0.25) is 11.8 Å². The number of nitrogens with one attached hydrogen (secondary N) is 1. The molecule has 7 nitrogen and oxygen atoms in total. The highest BCUT2D eigenvalue weighted by Gasteiger charge is 2.38. The minimum atomic E-state index is -0.144. The zero-order valence-corrected chi connectivity index (χ0v) is 16.3. The largest absolute Gasteiger partial charge is 0.337 e. The number of piperidine rings is 1. The summed E-state index contributed by atoms with van der Waals surface area (Å²) in [6.07, 6.45) is 8.60. The highest BCUT2D eigenvalue weighted by Crippen LogP contribution is 2.36. The van der Waals surface area contributed by atoms with Crippen LogP contribution in [0.5, 0.6) is 0 Å². The van der Waals surface area contributed by atoms with Gasteiger partial charge >= 0.3 is 0 Å². The molecule has 0 spiro atoms. The number of fused-ring (bicyclic) bond motifs is 1. The molecule has 150 valence electrons. The Hall–Kier alpha value is -2.18. The van der Waals surface area contributed by atoms with Gasteiger partial charge in [-0.2, -0.15) is 0 Å². The molecular formula is C21H28N4O3. The maximum absolute atomic E-state index is 12.9. The lowest BCUT2D eigenvalue weighted by Crippen LogP contribution is -2.45. The van der Waals surface area contributed by atoms with Crippen LogP contribution in [-0.2, 0) is 22.6 Å². The molecule has 2 aliphatic heterocycles. The van der Waals surface area contributed by atoms with Crippen LogP contribution in [0.4, 0.5) is 0 Å². The molecule has 2 saturated carbocycles. The standard InChI is InChI=1S/C21H28N4O3/c26-19-15-12-24(20(27)14-7-8-14)11-9-16(15)22-18(23-19)17-6-1-2-10-25(17)21(28)13-4-3-5-13/h13-14,17H,1-12H2,(H,22,23,26)/t17-/m1/s1. The van der Waals surface area contributed by atoms with Gasteiger partial charge < -0.3 is 14.8 Å². The van der Waals surface area contributed by atoms with E-state index in [1.807, 2.05) is 9.80 Å². The highest BCUT2D eigenvalue weighted by molar-refractivity contribution is 5.81. The van der Waals surface area contributed by atoms with Crippen molar-refractivity contribution >= 4 is 11.8 Å². The van der Waals surface area contributed by atoms with Crippen LogP contribution in [0, 0.1) is 11.8 Å². The van der Waals surface area contributed by atoms with Crippen molar-refractivity contribution < 1.29 is 9.59 Å². The smallest absolute Gasteiger partial charge is 0.256 e. The summed E-state index contributed by atoms with van der Waals surface area (Å²) in [5.41, 5.74) is 1.28. The Morgan fingerprint density at radius 2 is 1.71 bits per heavy atom. The van der Waals surface area contributed by atoms with Gasteiger partial charge in [0.25, 0.3) is 5.56 Å². The summed E-state index contributed by atoms with van der Waals surface area (Å²) in [6, 6.07) is -0.119. The van der Waals surface area contributed by atoms with E-state index in [4.69, 9.17) is 4.98 Å². The Morgan fingerprint density at radius 3 is 2.43 bits per heavy atom. The summed E-state index contributed by atoms with van der Waals surface area (Å²) < 4.78 is 0. The van der Waals surface area contributed by atoms with Crippen LogP contribution in [0.3, 0.4) is 0 Å². The predicted molar refractivity (Wildman–Crippen MR) is 102 cm³/mol. The average molecular weight is 384 g/mol. The van der Waals surface area contributed by atoms with Crippen LogP contribution in [0.2, 0.25) is 0 Å². The first kappa shape index (κ1) is 17.9. The van der Waals surface area contributed by atoms with E-state index < -0.39 is 0 Å². The van der Waals surface area contributed by atoms with Crippen LogP contribution in [0.25, 0.3) is 0 Å². The third-order valence-corrected chi connectivity index (χ3v) is 6.88. The first-order valence-corrected chi connectivity index (χ1v) is 10.8. The summed E-state index contributed by atoms with van der Waals surface area (Å²) in [6.45, 7) is 1.75. The first-order valence-electron chi connectivity index (χ1n) is 10.8. The number of carbonyl (C=O) groups is 2. The van der Waals surface area contributed by atoms with Gasteiger partial charge in [-0.25, -0.2) is 4.98 Å². The van der Waals surface area contributed by atoms with E-state index in [2.05, 4.69) is 4.98 Å². The van der Waals surface area contributed by atoms with Crippen molar-refractivity contribution in [2.24, 2.45) is 11.8 Å². The van der Waals surface area contributed by atoms with Crippen LogP contribution in [-0.4, -0.2) is 44.7 Å². The van der Waals surface area contributed by atoms with Gasteiger partial charge in [0.1, 0.15) is 5.82 Å². The number of hydrogen-bond acceptors (Lipinski definition) is 4. The number of H-pyrrole nitrogens is 1. The second kappa shape index (κ2) is 7.01. The van der Waals surface area contributed by atoms with Gasteiger partial charge in [-0.15, -0.1) is 0 Å². The summed E-state index contributed by atoms with van der Waals surface area (Å²) in [7, 11) is 0. The molecule has 2 amide bonds. The number of likely N-dealkylation sites (tertiary alicyclic amines) is 1. The Kier molecular flexibility index (Phi) is 4.48. The molecule has 7 heteroatoms. The number of carbonyl (C=O) groups excluding carboxylic acids is 2. The zero-order valence-electron chi connectivity index (χ0n) is 16.3. The number of aromatic nitrogens is 2. The molecule has 1 saturated heterocycles. The van der Waals surface area contributed by atoms with Crippen LogP contribution in [0.1, 0.15) is 74.5 Å². The first-order chi connectivity index (χ1) is 13.6. The molecule has 4 aliphatic rings. The normalized spacial score (nSPS) is 25.2. The number of amides is 2. The minimum absolute atomic E-state index is 0.119. The molecule has 1 atom stereocenters. The van der Waals surface area contributed by atoms with E-state index in [0.29, 0.717) is 30.9 Å². The number of rotatable bonds is 3. The average Bonchev–Trinajstić information content (AvgIpc) is 3.51. The van der Waals surface area contributed by atoms with Crippen molar-refractivity contribution in [2.75, 3.05) is 13.1 Å².